The first-order valence-electron chi connectivity index (χ1n) is 5.12. The zero-order valence-corrected chi connectivity index (χ0v) is 9.34. The summed E-state index contributed by atoms with van der Waals surface area (Å²) in [6, 6.07) is 8.94. The summed E-state index contributed by atoms with van der Waals surface area (Å²) in [6.45, 7) is 0. The lowest BCUT2D eigenvalue weighted by atomic mass is 10.2. The molecule has 0 saturated heterocycles. The predicted molar refractivity (Wildman–Crippen MR) is 65.5 cm³/mol. The minimum Gasteiger partial charge on any atom is -0.372 e. The van der Waals surface area contributed by atoms with E-state index < -0.39 is 5.91 Å². The molecule has 0 aliphatic rings. The Morgan fingerprint density at radius 3 is 2.65 bits per heavy atom. The lowest BCUT2D eigenvalue weighted by Gasteiger charge is -2.07. The number of nitrogens with zero attached hydrogens (tertiary/aromatic N) is 2. The van der Waals surface area contributed by atoms with Gasteiger partial charge in [0.15, 0.2) is 0 Å². The number of nitrogens with two attached hydrogens (primary N) is 1. The molecule has 0 unspecified atom stereocenters. The van der Waals surface area contributed by atoms with Gasteiger partial charge in [-0.3, -0.25) is 9.78 Å². The Kier molecular flexibility index (Phi) is 3.00. The average Bonchev–Trinajstić information content (AvgIpc) is 2.39. The van der Waals surface area contributed by atoms with Crippen molar-refractivity contribution in [2.75, 3.05) is 12.4 Å². The second kappa shape index (κ2) is 4.61. The number of carbonyl (C=O) groups excluding carboxylic acids is 1. The molecule has 2 rings (SSSR count). The number of hydrogen-bond donors (Lipinski definition) is 2. The molecule has 0 aliphatic carbocycles. The van der Waals surface area contributed by atoms with Crippen LogP contribution in [0.2, 0.25) is 0 Å². The maximum atomic E-state index is 11.2. The Bertz CT molecular complexity index is 539. The van der Waals surface area contributed by atoms with Crippen molar-refractivity contribution in [1.29, 1.82) is 0 Å². The molecule has 0 saturated carbocycles. The van der Waals surface area contributed by atoms with Gasteiger partial charge >= 0.3 is 0 Å². The molecule has 0 aromatic carbocycles. The molecule has 2 aromatic heterocycles. The zero-order valence-electron chi connectivity index (χ0n) is 9.34. The van der Waals surface area contributed by atoms with E-state index in [4.69, 9.17) is 5.73 Å². The van der Waals surface area contributed by atoms with E-state index in [2.05, 4.69) is 15.3 Å². The zero-order chi connectivity index (χ0) is 12.3. The summed E-state index contributed by atoms with van der Waals surface area (Å²) in [5.74, 6) is -0.0462. The summed E-state index contributed by atoms with van der Waals surface area (Å²) in [7, 11) is 1.69. The van der Waals surface area contributed by atoms with E-state index >= 15 is 0 Å². The van der Waals surface area contributed by atoms with Crippen molar-refractivity contribution in [3.8, 4) is 11.4 Å². The fourth-order valence-corrected chi connectivity index (χ4v) is 1.51. The Balaban J connectivity index is 2.49. The summed E-state index contributed by atoms with van der Waals surface area (Å²) in [5, 5.41) is 2.85. The van der Waals surface area contributed by atoms with Gasteiger partial charge in [-0.1, -0.05) is 6.07 Å². The summed E-state index contributed by atoms with van der Waals surface area (Å²) >= 11 is 0. The fourth-order valence-electron chi connectivity index (χ4n) is 1.51. The molecule has 3 N–H and O–H groups in total. The van der Waals surface area contributed by atoms with Gasteiger partial charge in [0.1, 0.15) is 5.82 Å². The maximum absolute atomic E-state index is 11.2. The first-order valence-corrected chi connectivity index (χ1v) is 5.12. The van der Waals surface area contributed by atoms with E-state index in [9.17, 15) is 4.79 Å². The van der Waals surface area contributed by atoms with Crippen LogP contribution < -0.4 is 11.1 Å². The molecule has 0 atom stereocenters. The van der Waals surface area contributed by atoms with Crippen LogP contribution in [0.5, 0.6) is 0 Å². The molecule has 0 spiro atoms. The van der Waals surface area contributed by atoms with Gasteiger partial charge in [0, 0.05) is 13.2 Å². The van der Waals surface area contributed by atoms with Gasteiger partial charge in [-0.2, -0.15) is 0 Å². The highest BCUT2D eigenvalue weighted by atomic mass is 16.1. The molecule has 86 valence electrons. The van der Waals surface area contributed by atoms with Crippen molar-refractivity contribution in [1.82, 2.24) is 9.97 Å². The number of hydrogen-bond acceptors (Lipinski definition) is 4. The third-order valence-electron chi connectivity index (χ3n) is 2.32. The van der Waals surface area contributed by atoms with Gasteiger partial charge in [0.05, 0.1) is 17.0 Å². The highest BCUT2D eigenvalue weighted by Crippen LogP contribution is 2.19. The van der Waals surface area contributed by atoms with Crippen LogP contribution in [0.1, 0.15) is 10.4 Å². The van der Waals surface area contributed by atoms with Gasteiger partial charge < -0.3 is 11.1 Å². The van der Waals surface area contributed by atoms with Crippen molar-refractivity contribution < 1.29 is 4.79 Å². The summed E-state index contributed by atoms with van der Waals surface area (Å²) in [4.78, 5) is 19.7. The van der Waals surface area contributed by atoms with Crippen LogP contribution in [0.3, 0.4) is 0 Å². The molecule has 2 heterocycles. The minimum absolute atomic E-state index is 0.368. The van der Waals surface area contributed by atoms with E-state index in [1.54, 1.807) is 25.4 Å². The lowest BCUT2D eigenvalue weighted by molar-refractivity contribution is 0.100. The highest BCUT2D eigenvalue weighted by molar-refractivity contribution is 5.97. The monoisotopic (exact) mass is 228 g/mol. The van der Waals surface area contributed by atoms with E-state index in [1.807, 2.05) is 18.2 Å². The van der Waals surface area contributed by atoms with Gasteiger partial charge in [-0.05, 0) is 24.3 Å². The van der Waals surface area contributed by atoms with E-state index in [0.717, 1.165) is 5.69 Å². The average molecular weight is 228 g/mol. The van der Waals surface area contributed by atoms with Crippen molar-refractivity contribution in [3.63, 3.8) is 0 Å². The number of anilines is 1. The molecule has 0 bridgehead atoms. The summed E-state index contributed by atoms with van der Waals surface area (Å²) in [6.07, 6.45) is 1.69. The number of aromatic nitrogens is 2. The normalized spacial score (nSPS) is 9.94. The number of primary amides is 1. The predicted octanol–water partition coefficient (Wildman–Crippen LogP) is 1.28. The molecule has 17 heavy (non-hydrogen) atoms. The molecule has 5 heteroatoms. The van der Waals surface area contributed by atoms with Crippen molar-refractivity contribution >= 4 is 11.7 Å². The van der Waals surface area contributed by atoms with E-state index in [-0.39, 0.29) is 0 Å². The molecule has 0 fully saturated rings. The molecule has 0 aliphatic heterocycles. The maximum Gasteiger partial charge on any atom is 0.252 e. The van der Waals surface area contributed by atoms with Gasteiger partial charge in [-0.25, -0.2) is 4.98 Å². The molecular formula is C12H12N4O. The van der Waals surface area contributed by atoms with Crippen LogP contribution in [0.15, 0.2) is 36.5 Å². The molecule has 5 nitrogen and oxygen atoms in total. The number of nitrogens with one attached hydrogen (secondary N) is 1. The molecule has 1 amide bonds. The topological polar surface area (TPSA) is 80.9 Å². The van der Waals surface area contributed by atoms with Crippen LogP contribution in [0.4, 0.5) is 5.82 Å². The van der Waals surface area contributed by atoms with Crippen molar-refractivity contribution in [2.45, 2.75) is 0 Å². The Morgan fingerprint density at radius 2 is 2.06 bits per heavy atom. The lowest BCUT2D eigenvalue weighted by Crippen LogP contribution is -2.14. The number of pyridine rings is 2. The largest absolute Gasteiger partial charge is 0.372 e. The van der Waals surface area contributed by atoms with Gasteiger partial charge in [0.25, 0.3) is 5.91 Å². The summed E-state index contributed by atoms with van der Waals surface area (Å²) in [5.41, 5.74) is 7.06. The van der Waals surface area contributed by atoms with Crippen molar-refractivity contribution in [2.24, 2.45) is 5.73 Å². The highest BCUT2D eigenvalue weighted by Gasteiger charge is 2.10. The molecule has 0 radical (unpaired) electrons. The first-order chi connectivity index (χ1) is 8.22. The van der Waals surface area contributed by atoms with Crippen LogP contribution in [-0.4, -0.2) is 22.9 Å². The number of amides is 1. The Labute approximate surface area is 98.7 Å². The van der Waals surface area contributed by atoms with Crippen LogP contribution >= 0.6 is 0 Å². The number of carbonyl (C=O) groups is 1. The Morgan fingerprint density at radius 1 is 1.24 bits per heavy atom. The fraction of sp³-hybridized carbons (Fsp3) is 0.0833. The van der Waals surface area contributed by atoms with Crippen LogP contribution in [0.25, 0.3) is 11.4 Å². The first kappa shape index (κ1) is 11.1. The second-order valence-corrected chi connectivity index (χ2v) is 3.42. The van der Waals surface area contributed by atoms with Crippen molar-refractivity contribution in [3.05, 3.63) is 42.1 Å². The molecule has 2 aromatic rings. The van der Waals surface area contributed by atoms with Gasteiger partial charge in [0.2, 0.25) is 0 Å². The smallest absolute Gasteiger partial charge is 0.252 e. The van der Waals surface area contributed by atoms with E-state index in [0.29, 0.717) is 17.1 Å². The standard InChI is InChI=1S/C12H12N4O/c1-14-12-8(11(13)17)5-6-10(16-12)9-4-2-3-7-15-9/h2-7H,1H3,(H2,13,17)(H,14,16). The third kappa shape index (κ3) is 2.23. The van der Waals surface area contributed by atoms with Crippen LogP contribution in [0, 0.1) is 0 Å². The van der Waals surface area contributed by atoms with Gasteiger partial charge in [-0.15, -0.1) is 0 Å². The van der Waals surface area contributed by atoms with Crippen LogP contribution in [-0.2, 0) is 0 Å². The second-order valence-electron chi connectivity index (χ2n) is 3.42. The number of rotatable bonds is 3. The summed E-state index contributed by atoms with van der Waals surface area (Å²) < 4.78 is 0. The molecular weight excluding hydrogens is 216 g/mol. The quantitative estimate of drug-likeness (QED) is 0.829. The van der Waals surface area contributed by atoms with E-state index in [1.165, 1.54) is 0 Å². The Hall–Kier alpha value is -2.43. The SMILES string of the molecule is CNc1nc(-c2ccccn2)ccc1C(N)=O. The minimum atomic E-state index is -0.505. The third-order valence-corrected chi connectivity index (χ3v) is 2.32.